The molecule has 25 heavy (non-hydrogen) atoms. The Kier molecular flexibility index (Phi) is 5.43. The van der Waals surface area contributed by atoms with Gasteiger partial charge in [-0.2, -0.15) is 0 Å². The Labute approximate surface area is 149 Å². The molecule has 0 atom stereocenters. The monoisotopic (exact) mass is 326 g/mol. The van der Waals surface area contributed by atoms with E-state index in [4.69, 9.17) is 0 Å². The molecule has 0 aliphatic heterocycles. The SMILES string of the molecule is Cc1ccccc1N=CC=C(Nc1ccccc1C)c1ccccc1. The Balaban J connectivity index is 1.91. The fourth-order valence-electron chi connectivity index (χ4n) is 2.59. The number of nitrogens with one attached hydrogen (secondary N) is 1. The molecule has 0 aliphatic carbocycles. The third-order valence-corrected chi connectivity index (χ3v) is 4.07. The minimum Gasteiger partial charge on any atom is -0.355 e. The summed E-state index contributed by atoms with van der Waals surface area (Å²) in [6.45, 7) is 4.17. The highest BCUT2D eigenvalue weighted by Crippen LogP contribution is 2.22. The lowest BCUT2D eigenvalue weighted by atomic mass is 10.1. The molecule has 3 aromatic carbocycles. The Morgan fingerprint density at radius 2 is 1.40 bits per heavy atom. The van der Waals surface area contributed by atoms with Crippen LogP contribution in [0.4, 0.5) is 11.4 Å². The molecule has 0 aliphatic rings. The van der Waals surface area contributed by atoms with Crippen molar-refractivity contribution in [3.63, 3.8) is 0 Å². The molecule has 2 heteroatoms. The number of nitrogens with zero attached hydrogens (tertiary/aromatic N) is 1. The third-order valence-electron chi connectivity index (χ3n) is 4.07. The summed E-state index contributed by atoms with van der Waals surface area (Å²) in [5.74, 6) is 0. The van der Waals surface area contributed by atoms with Crippen LogP contribution in [0.3, 0.4) is 0 Å². The van der Waals surface area contributed by atoms with E-state index in [1.807, 2.05) is 60.8 Å². The van der Waals surface area contributed by atoms with E-state index < -0.39 is 0 Å². The second-order valence-corrected chi connectivity index (χ2v) is 5.95. The zero-order valence-corrected chi connectivity index (χ0v) is 14.6. The van der Waals surface area contributed by atoms with Gasteiger partial charge in [0.25, 0.3) is 0 Å². The van der Waals surface area contributed by atoms with Gasteiger partial charge in [0.1, 0.15) is 0 Å². The first kappa shape index (κ1) is 16.7. The molecule has 0 saturated carbocycles. The van der Waals surface area contributed by atoms with Crippen molar-refractivity contribution in [1.82, 2.24) is 0 Å². The van der Waals surface area contributed by atoms with Crippen LogP contribution >= 0.6 is 0 Å². The van der Waals surface area contributed by atoms with Crippen LogP contribution in [0, 0.1) is 13.8 Å². The normalized spacial score (nSPS) is 11.7. The predicted molar refractivity (Wildman–Crippen MR) is 109 cm³/mol. The number of hydrogen-bond donors (Lipinski definition) is 1. The molecule has 0 spiro atoms. The van der Waals surface area contributed by atoms with Gasteiger partial charge in [0.2, 0.25) is 0 Å². The quantitative estimate of drug-likeness (QED) is 0.558. The molecule has 0 bridgehead atoms. The Morgan fingerprint density at radius 3 is 2.12 bits per heavy atom. The summed E-state index contributed by atoms with van der Waals surface area (Å²) in [6, 6.07) is 26.7. The molecular formula is C23H22N2. The summed E-state index contributed by atoms with van der Waals surface area (Å²) in [4.78, 5) is 4.59. The molecule has 0 unspecified atom stereocenters. The van der Waals surface area contributed by atoms with Crippen molar-refractivity contribution in [2.24, 2.45) is 4.99 Å². The molecule has 0 radical (unpaired) electrons. The van der Waals surface area contributed by atoms with E-state index in [0.29, 0.717) is 0 Å². The van der Waals surface area contributed by atoms with E-state index in [1.54, 1.807) is 0 Å². The maximum atomic E-state index is 4.59. The lowest BCUT2D eigenvalue weighted by Gasteiger charge is -2.13. The van der Waals surface area contributed by atoms with Crippen molar-refractivity contribution < 1.29 is 0 Å². The first-order valence-electron chi connectivity index (χ1n) is 8.42. The maximum absolute atomic E-state index is 4.59. The molecule has 0 amide bonds. The van der Waals surface area contributed by atoms with Crippen LogP contribution in [0.2, 0.25) is 0 Å². The molecule has 0 fully saturated rings. The van der Waals surface area contributed by atoms with Gasteiger partial charge in [0, 0.05) is 17.6 Å². The number of aliphatic imine (C=N–C) groups is 1. The van der Waals surface area contributed by atoms with Gasteiger partial charge in [-0.1, -0.05) is 66.7 Å². The standard InChI is InChI=1S/C23H22N2/c1-18-10-6-8-14-21(18)24-17-16-23(20-12-4-3-5-13-20)25-22-15-9-7-11-19(22)2/h3-17,25H,1-2H3. The molecule has 0 heterocycles. The Hall–Kier alpha value is -3.13. The van der Waals surface area contributed by atoms with Crippen LogP contribution in [-0.2, 0) is 0 Å². The van der Waals surface area contributed by atoms with Crippen LogP contribution in [-0.4, -0.2) is 6.21 Å². The van der Waals surface area contributed by atoms with Gasteiger partial charge >= 0.3 is 0 Å². The summed E-state index contributed by atoms with van der Waals surface area (Å²) in [5.41, 5.74) is 6.61. The summed E-state index contributed by atoms with van der Waals surface area (Å²) >= 11 is 0. The summed E-state index contributed by atoms with van der Waals surface area (Å²) in [5, 5.41) is 3.53. The summed E-state index contributed by atoms with van der Waals surface area (Å²) in [6.07, 6.45) is 3.88. The number of anilines is 1. The van der Waals surface area contributed by atoms with E-state index in [0.717, 1.165) is 22.6 Å². The van der Waals surface area contributed by atoms with Gasteiger partial charge in [-0.05, 0) is 48.7 Å². The largest absolute Gasteiger partial charge is 0.355 e. The van der Waals surface area contributed by atoms with Crippen LogP contribution in [0.15, 0.2) is 89.9 Å². The first-order chi connectivity index (χ1) is 12.2. The van der Waals surface area contributed by atoms with Crippen molar-refractivity contribution in [2.45, 2.75) is 13.8 Å². The fraction of sp³-hybridized carbons (Fsp3) is 0.0870. The number of allylic oxidation sites excluding steroid dienone is 1. The highest BCUT2D eigenvalue weighted by Gasteiger charge is 2.03. The molecule has 0 saturated heterocycles. The molecule has 3 rings (SSSR count). The lowest BCUT2D eigenvalue weighted by Crippen LogP contribution is -2.00. The van der Waals surface area contributed by atoms with Gasteiger partial charge in [-0.15, -0.1) is 0 Å². The van der Waals surface area contributed by atoms with E-state index in [9.17, 15) is 0 Å². The second-order valence-electron chi connectivity index (χ2n) is 5.95. The van der Waals surface area contributed by atoms with Crippen LogP contribution in [0.5, 0.6) is 0 Å². The fourth-order valence-corrected chi connectivity index (χ4v) is 2.59. The van der Waals surface area contributed by atoms with Crippen molar-refractivity contribution in [3.8, 4) is 0 Å². The zero-order chi connectivity index (χ0) is 17.5. The van der Waals surface area contributed by atoms with E-state index in [1.165, 1.54) is 11.1 Å². The van der Waals surface area contributed by atoms with Crippen LogP contribution in [0.1, 0.15) is 16.7 Å². The van der Waals surface area contributed by atoms with Gasteiger partial charge in [-0.25, -0.2) is 0 Å². The van der Waals surface area contributed by atoms with Gasteiger partial charge < -0.3 is 5.32 Å². The van der Waals surface area contributed by atoms with Crippen molar-refractivity contribution >= 4 is 23.3 Å². The molecule has 1 N–H and O–H groups in total. The Morgan fingerprint density at radius 1 is 0.760 bits per heavy atom. The number of rotatable bonds is 5. The number of benzene rings is 3. The van der Waals surface area contributed by atoms with Crippen LogP contribution in [0.25, 0.3) is 5.70 Å². The molecule has 0 aromatic heterocycles. The highest BCUT2D eigenvalue weighted by atomic mass is 14.9. The zero-order valence-electron chi connectivity index (χ0n) is 14.6. The average molecular weight is 326 g/mol. The van der Waals surface area contributed by atoms with Crippen LogP contribution < -0.4 is 5.32 Å². The maximum Gasteiger partial charge on any atom is 0.0658 e. The second kappa shape index (κ2) is 8.11. The first-order valence-corrected chi connectivity index (χ1v) is 8.42. The smallest absolute Gasteiger partial charge is 0.0658 e. The van der Waals surface area contributed by atoms with Gasteiger partial charge in [-0.3, -0.25) is 4.99 Å². The topological polar surface area (TPSA) is 24.4 Å². The summed E-state index contributed by atoms with van der Waals surface area (Å²) in [7, 11) is 0. The molecule has 3 aromatic rings. The average Bonchev–Trinajstić information content (AvgIpc) is 2.65. The lowest BCUT2D eigenvalue weighted by molar-refractivity contribution is 1.41. The third kappa shape index (κ3) is 4.45. The minimum atomic E-state index is 0.988. The predicted octanol–water partition coefficient (Wildman–Crippen LogP) is 6.16. The van der Waals surface area contributed by atoms with Gasteiger partial charge in [0.05, 0.1) is 5.69 Å². The molecule has 124 valence electrons. The summed E-state index contributed by atoms with van der Waals surface area (Å²) < 4.78 is 0. The number of para-hydroxylation sites is 2. The Bertz CT molecular complexity index is 893. The van der Waals surface area contributed by atoms with E-state index >= 15 is 0 Å². The van der Waals surface area contributed by atoms with Crippen molar-refractivity contribution in [3.05, 3.63) is 102 Å². The molecular weight excluding hydrogens is 304 g/mol. The van der Waals surface area contributed by atoms with Gasteiger partial charge in [0.15, 0.2) is 0 Å². The van der Waals surface area contributed by atoms with E-state index in [-0.39, 0.29) is 0 Å². The minimum absolute atomic E-state index is 0.988. The molecule has 2 nitrogen and oxygen atoms in total. The number of aryl methyl sites for hydroxylation is 2. The highest BCUT2D eigenvalue weighted by molar-refractivity contribution is 5.90. The van der Waals surface area contributed by atoms with E-state index in [2.05, 4.69) is 54.5 Å². The number of hydrogen-bond acceptors (Lipinski definition) is 2. The van der Waals surface area contributed by atoms with Crippen molar-refractivity contribution in [1.29, 1.82) is 0 Å². The van der Waals surface area contributed by atoms with Crippen molar-refractivity contribution in [2.75, 3.05) is 5.32 Å².